The molecule has 0 atom stereocenters. The zero-order valence-electron chi connectivity index (χ0n) is 16.7. The molecule has 160 valence electrons. The van der Waals surface area contributed by atoms with Crippen LogP contribution in [0.25, 0.3) is 0 Å². The molecule has 0 radical (unpaired) electrons. The summed E-state index contributed by atoms with van der Waals surface area (Å²) in [5.74, 6) is -0.834. The van der Waals surface area contributed by atoms with E-state index in [0.29, 0.717) is 34.1 Å². The number of hydrogen-bond donors (Lipinski definition) is 1. The number of carbonyl (C=O) groups is 2. The highest BCUT2D eigenvalue weighted by Crippen LogP contribution is 2.32. The Morgan fingerprint density at radius 1 is 1.06 bits per heavy atom. The first-order chi connectivity index (χ1) is 14.9. The lowest BCUT2D eigenvalue weighted by Crippen LogP contribution is -2.29. The highest BCUT2D eigenvalue weighted by molar-refractivity contribution is 7.92. The molecule has 1 aliphatic rings. The molecule has 1 amide bonds. The number of hydrogen-bond acceptors (Lipinski definition) is 6. The third kappa shape index (κ3) is 4.19. The lowest BCUT2D eigenvalue weighted by Gasteiger charge is -2.19. The van der Waals surface area contributed by atoms with Crippen molar-refractivity contribution >= 4 is 43.9 Å². The number of sulfonamides is 1. The lowest BCUT2D eigenvalue weighted by molar-refractivity contribution is 0.0532. The number of amides is 1. The van der Waals surface area contributed by atoms with E-state index in [0.717, 1.165) is 16.9 Å². The second-order valence-electron chi connectivity index (χ2n) is 6.82. The third-order valence-corrected chi connectivity index (χ3v) is 7.68. The summed E-state index contributed by atoms with van der Waals surface area (Å²) in [6.45, 7) is 2.39. The number of thiophene rings is 1. The molecular weight excluding hydrogens is 436 g/mol. The predicted octanol–water partition coefficient (Wildman–Crippen LogP) is 3.93. The zero-order chi connectivity index (χ0) is 22.0. The number of carbonyl (C=O) groups excluding carboxylic acids is 2. The van der Waals surface area contributed by atoms with Gasteiger partial charge in [-0.2, -0.15) is 0 Å². The van der Waals surface area contributed by atoms with Gasteiger partial charge in [-0.15, -0.1) is 11.3 Å². The number of para-hydroxylation sites is 1. The Morgan fingerprint density at radius 2 is 1.81 bits per heavy atom. The molecule has 0 bridgehead atoms. The third-order valence-electron chi connectivity index (χ3n) is 4.87. The number of anilines is 2. The molecule has 2 aromatic carbocycles. The Labute approximate surface area is 184 Å². The molecular formula is C22H20N2O5S2. The number of nitrogens with zero attached hydrogens (tertiary/aromatic N) is 1. The van der Waals surface area contributed by atoms with Crippen LogP contribution in [0.3, 0.4) is 0 Å². The quantitative estimate of drug-likeness (QED) is 0.568. The van der Waals surface area contributed by atoms with Gasteiger partial charge in [0.25, 0.3) is 15.9 Å². The Morgan fingerprint density at radius 3 is 2.55 bits per heavy atom. The van der Waals surface area contributed by atoms with E-state index in [2.05, 4.69) is 5.32 Å². The van der Waals surface area contributed by atoms with E-state index in [4.69, 9.17) is 4.74 Å². The summed E-state index contributed by atoms with van der Waals surface area (Å²) in [7, 11) is -3.71. The van der Waals surface area contributed by atoms with Crippen LogP contribution < -0.4 is 9.62 Å². The number of ether oxygens (including phenoxy) is 1. The fraction of sp³-hybridized carbons (Fsp3) is 0.182. The van der Waals surface area contributed by atoms with Crippen LogP contribution in [0.4, 0.5) is 10.7 Å². The summed E-state index contributed by atoms with van der Waals surface area (Å²) in [5, 5.41) is 3.21. The second kappa shape index (κ2) is 8.52. The highest BCUT2D eigenvalue weighted by atomic mass is 32.2. The summed E-state index contributed by atoms with van der Waals surface area (Å²) < 4.78 is 32.5. The van der Waals surface area contributed by atoms with Crippen LogP contribution in [0, 0.1) is 0 Å². The van der Waals surface area contributed by atoms with Crippen molar-refractivity contribution in [3.63, 3.8) is 0 Å². The number of benzene rings is 2. The molecule has 1 aliphatic heterocycles. The topological polar surface area (TPSA) is 92.8 Å². The molecule has 1 aromatic heterocycles. The first kappa shape index (κ1) is 21.1. The lowest BCUT2D eigenvalue weighted by atomic mass is 10.2. The van der Waals surface area contributed by atoms with Crippen molar-refractivity contribution in [2.45, 2.75) is 18.2 Å². The molecule has 9 heteroatoms. The molecule has 0 aliphatic carbocycles. The maximum absolute atomic E-state index is 13.1. The minimum Gasteiger partial charge on any atom is -0.462 e. The number of fused-ring (bicyclic) bond motifs is 1. The van der Waals surface area contributed by atoms with Gasteiger partial charge in [-0.3, -0.25) is 9.10 Å². The van der Waals surface area contributed by atoms with Crippen LogP contribution in [0.15, 0.2) is 65.6 Å². The van der Waals surface area contributed by atoms with Gasteiger partial charge >= 0.3 is 5.97 Å². The fourth-order valence-electron chi connectivity index (χ4n) is 3.36. The number of nitrogens with one attached hydrogen (secondary N) is 1. The highest BCUT2D eigenvalue weighted by Gasteiger charge is 2.30. The molecule has 0 saturated heterocycles. The summed E-state index contributed by atoms with van der Waals surface area (Å²) in [4.78, 5) is 24.8. The van der Waals surface area contributed by atoms with Gasteiger partial charge in [-0.05, 0) is 61.4 Å². The maximum atomic E-state index is 13.1. The van der Waals surface area contributed by atoms with Gasteiger partial charge in [0.2, 0.25) is 0 Å². The molecule has 0 unspecified atom stereocenters. The van der Waals surface area contributed by atoms with Crippen molar-refractivity contribution in [2.75, 3.05) is 22.8 Å². The van der Waals surface area contributed by atoms with Gasteiger partial charge < -0.3 is 10.1 Å². The van der Waals surface area contributed by atoms with Gasteiger partial charge in [-0.1, -0.05) is 18.2 Å². The maximum Gasteiger partial charge on any atom is 0.348 e. The van der Waals surface area contributed by atoms with Crippen molar-refractivity contribution in [3.8, 4) is 0 Å². The second-order valence-corrected chi connectivity index (χ2v) is 9.76. The molecule has 3 aromatic rings. The van der Waals surface area contributed by atoms with Crippen LogP contribution in [0.5, 0.6) is 0 Å². The van der Waals surface area contributed by atoms with Crippen molar-refractivity contribution in [2.24, 2.45) is 0 Å². The Kier molecular flexibility index (Phi) is 5.79. The minimum atomic E-state index is -3.71. The van der Waals surface area contributed by atoms with Crippen LogP contribution >= 0.6 is 11.3 Å². The van der Waals surface area contributed by atoms with Crippen LogP contribution in [0.1, 0.15) is 32.5 Å². The zero-order valence-corrected chi connectivity index (χ0v) is 18.3. The van der Waals surface area contributed by atoms with Gasteiger partial charge in [0.1, 0.15) is 4.88 Å². The molecule has 2 heterocycles. The first-order valence-electron chi connectivity index (χ1n) is 9.69. The van der Waals surface area contributed by atoms with Crippen molar-refractivity contribution < 1.29 is 22.7 Å². The SMILES string of the molecule is CCOC(=O)c1ccc(NC(=O)c2ccc(S(=O)(=O)N3CCc4ccccc43)cc2)s1. The molecule has 31 heavy (non-hydrogen) atoms. The Hall–Kier alpha value is -3.17. The average Bonchev–Trinajstić information content (AvgIpc) is 3.41. The van der Waals surface area contributed by atoms with E-state index < -0.39 is 21.9 Å². The molecule has 0 saturated carbocycles. The molecule has 7 nitrogen and oxygen atoms in total. The van der Waals surface area contributed by atoms with E-state index in [-0.39, 0.29) is 11.5 Å². The van der Waals surface area contributed by atoms with Crippen molar-refractivity contribution in [1.82, 2.24) is 0 Å². The summed E-state index contributed by atoms with van der Waals surface area (Å²) in [6.07, 6.45) is 0.671. The van der Waals surface area contributed by atoms with Crippen LogP contribution in [-0.2, 0) is 21.2 Å². The van der Waals surface area contributed by atoms with Crippen molar-refractivity contribution in [3.05, 3.63) is 76.7 Å². The normalized spacial score (nSPS) is 13.0. The summed E-state index contributed by atoms with van der Waals surface area (Å²) >= 11 is 1.11. The molecule has 0 spiro atoms. The largest absolute Gasteiger partial charge is 0.462 e. The Balaban J connectivity index is 1.48. The van der Waals surface area contributed by atoms with E-state index in [9.17, 15) is 18.0 Å². The Bertz CT molecular complexity index is 1230. The van der Waals surface area contributed by atoms with E-state index in [1.165, 1.54) is 28.6 Å². The van der Waals surface area contributed by atoms with Crippen LogP contribution in [0.2, 0.25) is 0 Å². The molecule has 0 fully saturated rings. The average molecular weight is 457 g/mol. The minimum absolute atomic E-state index is 0.126. The number of rotatable bonds is 6. The number of esters is 1. The first-order valence-corrected chi connectivity index (χ1v) is 11.9. The van der Waals surface area contributed by atoms with Gasteiger partial charge in [0.15, 0.2) is 0 Å². The van der Waals surface area contributed by atoms with Gasteiger partial charge in [0, 0.05) is 12.1 Å². The van der Waals surface area contributed by atoms with E-state index in [1.807, 2.05) is 18.2 Å². The predicted molar refractivity (Wildman–Crippen MR) is 119 cm³/mol. The molecule has 4 rings (SSSR count). The van der Waals surface area contributed by atoms with E-state index in [1.54, 1.807) is 25.1 Å². The monoisotopic (exact) mass is 456 g/mol. The van der Waals surface area contributed by atoms with E-state index >= 15 is 0 Å². The van der Waals surface area contributed by atoms with Crippen LogP contribution in [-0.4, -0.2) is 33.4 Å². The smallest absolute Gasteiger partial charge is 0.348 e. The standard InChI is InChI=1S/C22H20N2O5S2/c1-2-29-22(26)19-11-12-20(30-19)23-21(25)16-7-9-17(10-8-16)31(27,28)24-14-13-15-5-3-4-6-18(15)24/h3-12H,2,13-14H2,1H3,(H,23,25). The van der Waals surface area contributed by atoms with Gasteiger partial charge in [-0.25, -0.2) is 13.2 Å². The van der Waals surface area contributed by atoms with Gasteiger partial charge in [0.05, 0.1) is 22.2 Å². The fourth-order valence-corrected chi connectivity index (χ4v) is 5.66. The molecule has 1 N–H and O–H groups in total. The summed E-state index contributed by atoms with van der Waals surface area (Å²) in [5.41, 5.74) is 2.01. The summed E-state index contributed by atoms with van der Waals surface area (Å²) in [6, 6.07) is 16.5. The van der Waals surface area contributed by atoms with Crippen molar-refractivity contribution in [1.29, 1.82) is 0 Å².